The van der Waals surface area contributed by atoms with Gasteiger partial charge in [0.15, 0.2) is 0 Å². The molecular formula is C12H26N2. The molecule has 2 heteroatoms. The van der Waals surface area contributed by atoms with Gasteiger partial charge in [0.2, 0.25) is 0 Å². The first-order valence-electron chi connectivity index (χ1n) is 6.09. The van der Waals surface area contributed by atoms with Crippen LogP contribution in [0.25, 0.3) is 0 Å². The summed E-state index contributed by atoms with van der Waals surface area (Å²) in [5, 5.41) is 3.53. The third-order valence-corrected chi connectivity index (χ3v) is 3.39. The standard InChI is InChI=1S/C12H26N2/c1-12(2,10-13)14-9-8-11-6-4-3-5-7-11/h11,14H,3-10,13H2,1-2H3. The van der Waals surface area contributed by atoms with Crippen LogP contribution in [-0.4, -0.2) is 18.6 Å². The molecule has 1 rings (SSSR count). The molecule has 0 unspecified atom stereocenters. The van der Waals surface area contributed by atoms with Crippen molar-refractivity contribution in [1.29, 1.82) is 0 Å². The Morgan fingerprint density at radius 2 is 1.86 bits per heavy atom. The Morgan fingerprint density at radius 1 is 1.21 bits per heavy atom. The lowest BCUT2D eigenvalue weighted by atomic mass is 9.87. The summed E-state index contributed by atoms with van der Waals surface area (Å²) in [6.07, 6.45) is 8.59. The molecule has 0 aromatic rings. The third-order valence-electron chi connectivity index (χ3n) is 3.39. The van der Waals surface area contributed by atoms with Gasteiger partial charge in [-0.1, -0.05) is 32.1 Å². The van der Waals surface area contributed by atoms with Crippen LogP contribution in [0.5, 0.6) is 0 Å². The van der Waals surface area contributed by atoms with E-state index in [1.165, 1.54) is 38.5 Å². The zero-order valence-corrected chi connectivity index (χ0v) is 9.81. The molecule has 0 aromatic heterocycles. The lowest BCUT2D eigenvalue weighted by molar-refractivity contribution is 0.311. The van der Waals surface area contributed by atoms with Crippen molar-refractivity contribution in [3.63, 3.8) is 0 Å². The fraction of sp³-hybridized carbons (Fsp3) is 1.00. The molecule has 2 nitrogen and oxygen atoms in total. The fourth-order valence-corrected chi connectivity index (χ4v) is 2.16. The van der Waals surface area contributed by atoms with Crippen LogP contribution in [-0.2, 0) is 0 Å². The van der Waals surface area contributed by atoms with Crippen molar-refractivity contribution in [1.82, 2.24) is 5.32 Å². The third kappa shape index (κ3) is 4.43. The largest absolute Gasteiger partial charge is 0.329 e. The predicted molar refractivity (Wildman–Crippen MR) is 62.3 cm³/mol. The van der Waals surface area contributed by atoms with Crippen LogP contribution in [0.15, 0.2) is 0 Å². The molecule has 84 valence electrons. The smallest absolute Gasteiger partial charge is 0.0247 e. The minimum absolute atomic E-state index is 0.120. The van der Waals surface area contributed by atoms with Gasteiger partial charge in [0.05, 0.1) is 0 Å². The first kappa shape index (κ1) is 12.0. The second-order valence-electron chi connectivity index (χ2n) is 5.31. The maximum absolute atomic E-state index is 5.66. The summed E-state index contributed by atoms with van der Waals surface area (Å²) in [4.78, 5) is 0. The van der Waals surface area contributed by atoms with E-state index in [1.807, 2.05) is 0 Å². The van der Waals surface area contributed by atoms with Gasteiger partial charge in [-0.2, -0.15) is 0 Å². The van der Waals surface area contributed by atoms with Crippen LogP contribution in [0.4, 0.5) is 0 Å². The van der Waals surface area contributed by atoms with Crippen molar-refractivity contribution in [3.8, 4) is 0 Å². The van der Waals surface area contributed by atoms with Gasteiger partial charge in [0, 0.05) is 12.1 Å². The van der Waals surface area contributed by atoms with Crippen molar-refractivity contribution < 1.29 is 0 Å². The van der Waals surface area contributed by atoms with E-state index in [2.05, 4.69) is 19.2 Å². The molecule has 0 heterocycles. The van der Waals surface area contributed by atoms with Crippen LogP contribution < -0.4 is 11.1 Å². The maximum Gasteiger partial charge on any atom is 0.0247 e. The normalized spacial score (nSPS) is 19.9. The molecule has 1 fully saturated rings. The second kappa shape index (κ2) is 5.72. The molecule has 0 saturated heterocycles. The van der Waals surface area contributed by atoms with Gasteiger partial charge in [-0.15, -0.1) is 0 Å². The maximum atomic E-state index is 5.66. The molecule has 0 amide bonds. The Kier molecular flexibility index (Phi) is 4.90. The van der Waals surface area contributed by atoms with Gasteiger partial charge in [0.1, 0.15) is 0 Å². The van der Waals surface area contributed by atoms with Crippen molar-refractivity contribution >= 4 is 0 Å². The Labute approximate surface area is 88.6 Å². The van der Waals surface area contributed by atoms with E-state index in [0.29, 0.717) is 0 Å². The minimum atomic E-state index is 0.120. The Balaban J connectivity index is 2.08. The van der Waals surface area contributed by atoms with Gasteiger partial charge in [-0.25, -0.2) is 0 Å². The molecule has 0 radical (unpaired) electrons. The predicted octanol–water partition coefficient (Wildman–Crippen LogP) is 2.28. The number of rotatable bonds is 5. The van der Waals surface area contributed by atoms with E-state index in [9.17, 15) is 0 Å². The van der Waals surface area contributed by atoms with Crippen molar-refractivity contribution in [2.24, 2.45) is 11.7 Å². The lowest BCUT2D eigenvalue weighted by Crippen LogP contribution is -2.46. The van der Waals surface area contributed by atoms with Crippen LogP contribution in [0, 0.1) is 5.92 Å². The molecule has 14 heavy (non-hydrogen) atoms. The lowest BCUT2D eigenvalue weighted by Gasteiger charge is -2.27. The Hall–Kier alpha value is -0.0800. The topological polar surface area (TPSA) is 38.0 Å². The van der Waals surface area contributed by atoms with Gasteiger partial charge in [-0.3, -0.25) is 0 Å². The number of hydrogen-bond acceptors (Lipinski definition) is 2. The molecule has 1 saturated carbocycles. The van der Waals surface area contributed by atoms with E-state index in [0.717, 1.165) is 19.0 Å². The summed E-state index contributed by atoms with van der Waals surface area (Å²) in [5.74, 6) is 0.977. The van der Waals surface area contributed by atoms with Crippen molar-refractivity contribution in [2.45, 2.75) is 57.9 Å². The van der Waals surface area contributed by atoms with E-state index in [4.69, 9.17) is 5.73 Å². The average molecular weight is 198 g/mol. The number of nitrogens with two attached hydrogens (primary N) is 1. The quantitative estimate of drug-likeness (QED) is 0.711. The molecule has 0 bridgehead atoms. The average Bonchev–Trinajstić information content (AvgIpc) is 2.19. The zero-order valence-electron chi connectivity index (χ0n) is 9.81. The van der Waals surface area contributed by atoms with Crippen LogP contribution in [0.1, 0.15) is 52.4 Å². The number of nitrogens with one attached hydrogen (secondary N) is 1. The van der Waals surface area contributed by atoms with Crippen molar-refractivity contribution in [2.75, 3.05) is 13.1 Å². The molecule has 3 N–H and O–H groups in total. The van der Waals surface area contributed by atoms with Gasteiger partial charge in [-0.05, 0) is 32.7 Å². The molecule has 0 aromatic carbocycles. The SMILES string of the molecule is CC(C)(CN)NCCC1CCCCC1. The van der Waals surface area contributed by atoms with E-state index < -0.39 is 0 Å². The molecular weight excluding hydrogens is 172 g/mol. The summed E-state index contributed by atoms with van der Waals surface area (Å²) in [6, 6.07) is 0. The monoisotopic (exact) mass is 198 g/mol. The summed E-state index contributed by atoms with van der Waals surface area (Å²) >= 11 is 0. The van der Waals surface area contributed by atoms with Gasteiger partial charge in [0.25, 0.3) is 0 Å². The first-order chi connectivity index (χ1) is 6.64. The highest BCUT2D eigenvalue weighted by molar-refractivity contribution is 4.78. The highest BCUT2D eigenvalue weighted by atomic mass is 15.0. The Morgan fingerprint density at radius 3 is 2.43 bits per heavy atom. The Bertz CT molecular complexity index is 148. The van der Waals surface area contributed by atoms with Crippen LogP contribution in [0.3, 0.4) is 0 Å². The summed E-state index contributed by atoms with van der Waals surface area (Å²) in [7, 11) is 0. The minimum Gasteiger partial charge on any atom is -0.329 e. The van der Waals surface area contributed by atoms with E-state index in [1.54, 1.807) is 0 Å². The second-order valence-corrected chi connectivity index (χ2v) is 5.31. The zero-order chi connectivity index (χ0) is 10.4. The first-order valence-corrected chi connectivity index (χ1v) is 6.09. The van der Waals surface area contributed by atoms with Gasteiger partial charge >= 0.3 is 0 Å². The van der Waals surface area contributed by atoms with E-state index >= 15 is 0 Å². The van der Waals surface area contributed by atoms with Crippen LogP contribution in [0.2, 0.25) is 0 Å². The summed E-state index contributed by atoms with van der Waals surface area (Å²) in [6.45, 7) is 6.20. The van der Waals surface area contributed by atoms with E-state index in [-0.39, 0.29) is 5.54 Å². The summed E-state index contributed by atoms with van der Waals surface area (Å²) < 4.78 is 0. The highest BCUT2D eigenvalue weighted by Gasteiger charge is 2.16. The molecule has 0 atom stereocenters. The van der Waals surface area contributed by atoms with Crippen molar-refractivity contribution in [3.05, 3.63) is 0 Å². The van der Waals surface area contributed by atoms with Gasteiger partial charge < -0.3 is 11.1 Å². The molecule has 0 spiro atoms. The van der Waals surface area contributed by atoms with Crippen LogP contribution >= 0.6 is 0 Å². The fourth-order valence-electron chi connectivity index (χ4n) is 2.16. The number of hydrogen-bond donors (Lipinski definition) is 2. The molecule has 1 aliphatic carbocycles. The molecule has 0 aliphatic heterocycles. The summed E-state index contributed by atoms with van der Waals surface area (Å²) in [5.41, 5.74) is 5.78. The molecule has 1 aliphatic rings. The highest BCUT2D eigenvalue weighted by Crippen LogP contribution is 2.25.